The Labute approximate surface area is 679 Å². The summed E-state index contributed by atoms with van der Waals surface area (Å²) < 4.78 is 12.7. The van der Waals surface area contributed by atoms with Gasteiger partial charge in [-0.25, -0.2) is 0 Å². The van der Waals surface area contributed by atoms with Crippen LogP contribution in [0.15, 0.2) is 133 Å². The average Bonchev–Trinajstić information content (AvgIpc) is 1.64. The van der Waals surface area contributed by atoms with Crippen molar-refractivity contribution in [3.8, 4) is 11.5 Å². The molecule has 0 bridgehead atoms. The van der Waals surface area contributed by atoms with Crippen LogP contribution < -0.4 is 4.74 Å². The normalized spacial score (nSPS) is 17.9. The van der Waals surface area contributed by atoms with Crippen LogP contribution in [0.3, 0.4) is 0 Å². The van der Waals surface area contributed by atoms with E-state index < -0.39 is 0 Å². The monoisotopic (exact) mass is 1550 g/mol. The number of fused-ring (bicyclic) bond motifs is 3. The maximum absolute atomic E-state index is 13.5. The maximum Gasteiger partial charge on any atom is 0.253 e. The molecule has 9 aromatic rings. The molecule has 6 saturated heterocycles. The van der Waals surface area contributed by atoms with E-state index in [-0.39, 0.29) is 17.7 Å². The fourth-order valence-corrected chi connectivity index (χ4v) is 17.9. The Morgan fingerprint density at radius 1 is 0.316 bits per heavy atom. The second-order valence-corrected chi connectivity index (χ2v) is 33.4. The zero-order chi connectivity index (χ0) is 79.8. The Morgan fingerprint density at radius 2 is 0.614 bits per heavy atom. The number of aryl methyl sites for hydroxylation is 6. The molecule has 6 fully saturated rings. The van der Waals surface area contributed by atoms with Gasteiger partial charge in [-0.3, -0.25) is 29.1 Å². The van der Waals surface area contributed by atoms with Crippen LogP contribution >= 0.6 is 0 Å². The zero-order valence-corrected chi connectivity index (χ0v) is 70.6. The zero-order valence-electron chi connectivity index (χ0n) is 70.6. The highest BCUT2D eigenvalue weighted by molar-refractivity contribution is 6.01. The molecule has 6 aliphatic heterocycles. The standard InChI is InChI=1S/C32H45N5O2.C31H43N5O2.C31H43N5O/c1-25-26(2)37(13-6-12-34-17-15-33(3)16-18-34)31-10-9-28(24-30(25)31)32(38)36-21-19-35(20-22-36)14-11-27-7-5-8-29(23-27)39-4;1-24-25(2)36(12-5-11-33-16-14-32(3)15-17-33)30-9-8-27(23-29(24)30)31(38)35-20-18-34(19-21-35)13-10-26-6-4-7-28(37)22-26;1-25-26(2)36(14-7-13-33-18-16-32(3)17-19-33)30-11-10-28(24-29(25)30)31(37)35-22-20-34(21-23-35)15-12-27-8-5-4-6-9-27/h5,7-10,23-24H,6,11-22H2,1-4H3;4,6-9,22-23,37H,5,10-21H2,1-3H3;4-6,8-11,24H,7,12-23H2,1-3H3. The Morgan fingerprint density at radius 3 is 0.947 bits per heavy atom. The number of likely N-dealkylation sites (N-methyl/N-ethyl adjacent to an activating group) is 3. The molecule has 0 saturated carbocycles. The third-order valence-electron chi connectivity index (χ3n) is 26.0. The number of benzene rings is 6. The Bertz CT molecular complexity index is 4630. The molecule has 6 aliphatic rings. The van der Waals surface area contributed by atoms with Crippen LogP contribution in [0.2, 0.25) is 0 Å². The van der Waals surface area contributed by atoms with Gasteiger partial charge in [0.2, 0.25) is 0 Å². The summed E-state index contributed by atoms with van der Waals surface area (Å²) in [6.07, 6.45) is 6.41. The summed E-state index contributed by atoms with van der Waals surface area (Å²) in [5, 5.41) is 13.3. The SMILES string of the molecule is COc1cccc(CCN2CCN(C(=O)c3ccc4c(c3)c(C)c(C)n4CCCN3CCN(C)CC3)CC2)c1.Cc1c(C)n(CCCN2CCN(C)CC2)c2ccc(C(=O)N3CCN(CCc4cccc(O)c4)CC3)cc12.Cc1c(C)n(CCCN2CCN(C)CC2)c2ccc(C(=O)N3CCN(CCc4ccccc4)CC3)cc12. The van der Waals surface area contributed by atoms with Crippen molar-refractivity contribution >= 4 is 50.4 Å². The number of rotatable bonds is 25. The van der Waals surface area contributed by atoms with Crippen molar-refractivity contribution in [2.45, 2.75) is 99.7 Å². The molecule has 0 radical (unpaired) electrons. The van der Waals surface area contributed by atoms with E-state index in [1.165, 1.54) is 130 Å². The molecule has 3 amide bonds. The largest absolute Gasteiger partial charge is 0.508 e. The van der Waals surface area contributed by atoms with Crippen LogP contribution in [0, 0.1) is 41.5 Å². The van der Waals surface area contributed by atoms with Gasteiger partial charge < -0.3 is 67.6 Å². The molecule has 114 heavy (non-hydrogen) atoms. The van der Waals surface area contributed by atoms with E-state index in [2.05, 4.69) is 205 Å². The van der Waals surface area contributed by atoms with Crippen LogP contribution in [0.1, 0.15) is 101 Å². The van der Waals surface area contributed by atoms with Crippen molar-refractivity contribution in [3.05, 3.63) is 201 Å². The van der Waals surface area contributed by atoms with Crippen LogP contribution in [0.4, 0.5) is 0 Å². The van der Waals surface area contributed by atoms with E-state index >= 15 is 0 Å². The van der Waals surface area contributed by atoms with E-state index in [0.29, 0.717) is 5.75 Å². The topological polar surface area (TPSA) is 134 Å². The van der Waals surface area contributed by atoms with Crippen LogP contribution in [-0.4, -0.2) is 320 Å². The van der Waals surface area contributed by atoms with Crippen molar-refractivity contribution in [1.82, 2.24) is 72.5 Å². The molecule has 612 valence electrons. The van der Waals surface area contributed by atoms with Gasteiger partial charge in [0.1, 0.15) is 11.5 Å². The number of piperazine rings is 6. The molecule has 20 nitrogen and oxygen atoms in total. The number of aromatic hydroxyl groups is 1. The maximum atomic E-state index is 13.5. The fraction of sp³-hybridized carbons (Fsp3) is 0.521. The third-order valence-corrected chi connectivity index (χ3v) is 26.0. The summed E-state index contributed by atoms with van der Waals surface area (Å²) in [6, 6.07) is 45.5. The molecule has 1 N–H and O–H groups in total. The third kappa shape index (κ3) is 21.4. The van der Waals surface area contributed by atoms with Gasteiger partial charge in [0.25, 0.3) is 17.7 Å². The number of carbonyl (C=O) groups is 3. The summed E-state index contributed by atoms with van der Waals surface area (Å²) >= 11 is 0. The number of nitrogens with zero attached hydrogens (tertiary/aromatic N) is 15. The smallest absolute Gasteiger partial charge is 0.253 e. The van der Waals surface area contributed by atoms with E-state index in [9.17, 15) is 19.5 Å². The van der Waals surface area contributed by atoms with Gasteiger partial charge in [-0.1, -0.05) is 54.6 Å². The number of ether oxygens (including phenoxy) is 1. The number of hydrogen-bond acceptors (Lipinski definition) is 14. The summed E-state index contributed by atoms with van der Waals surface area (Å²) in [7, 11) is 8.33. The van der Waals surface area contributed by atoms with E-state index in [1.807, 2.05) is 57.2 Å². The molecule has 0 atom stereocenters. The minimum atomic E-state index is 0.138. The van der Waals surface area contributed by atoms with Gasteiger partial charge >= 0.3 is 0 Å². The summed E-state index contributed by atoms with van der Waals surface area (Å²) in [4.78, 5) is 68.6. The van der Waals surface area contributed by atoms with Gasteiger partial charge in [-0.2, -0.15) is 0 Å². The fourth-order valence-electron chi connectivity index (χ4n) is 17.9. The first-order valence-corrected chi connectivity index (χ1v) is 42.8. The van der Waals surface area contributed by atoms with Crippen LogP contribution in [0.25, 0.3) is 32.7 Å². The van der Waals surface area contributed by atoms with Gasteiger partial charge in [-0.05, 0) is 233 Å². The van der Waals surface area contributed by atoms with Gasteiger partial charge in [0.15, 0.2) is 0 Å². The van der Waals surface area contributed by atoms with E-state index in [1.54, 1.807) is 13.2 Å². The molecule has 0 spiro atoms. The molecular weight excluding hydrogens is 1420 g/mol. The summed E-state index contributed by atoms with van der Waals surface area (Å²) in [5.41, 5.74) is 17.8. The molecule has 6 aromatic carbocycles. The van der Waals surface area contributed by atoms with Crippen molar-refractivity contribution in [2.24, 2.45) is 0 Å². The number of carbonyl (C=O) groups excluding carboxylic acids is 3. The first kappa shape index (κ1) is 83.5. The molecule has 0 unspecified atom stereocenters. The molecule has 0 aliphatic carbocycles. The highest BCUT2D eigenvalue weighted by Crippen LogP contribution is 2.32. The quantitative estimate of drug-likeness (QED) is 0.0582. The van der Waals surface area contributed by atoms with Crippen molar-refractivity contribution in [1.29, 1.82) is 0 Å². The minimum absolute atomic E-state index is 0.138. The lowest BCUT2D eigenvalue weighted by Crippen LogP contribution is -2.49. The minimum Gasteiger partial charge on any atom is -0.508 e. The molecular formula is C94H131N15O5. The van der Waals surface area contributed by atoms with E-state index in [4.69, 9.17) is 4.74 Å². The average molecular weight is 1550 g/mol. The summed E-state index contributed by atoms with van der Waals surface area (Å²) in [5.74, 6) is 1.70. The highest BCUT2D eigenvalue weighted by Gasteiger charge is 2.29. The first-order chi connectivity index (χ1) is 55.3. The second kappa shape index (κ2) is 40.0. The Balaban J connectivity index is 0.000000149. The number of aromatic nitrogens is 3. The van der Waals surface area contributed by atoms with Gasteiger partial charge in [0, 0.05) is 263 Å². The van der Waals surface area contributed by atoms with Gasteiger partial charge in [0.05, 0.1) is 7.11 Å². The van der Waals surface area contributed by atoms with Crippen LogP contribution in [-0.2, 0) is 38.9 Å². The number of phenolic OH excluding ortho intramolecular Hbond substituents is 1. The lowest BCUT2D eigenvalue weighted by atomic mass is 10.1. The predicted octanol–water partition coefficient (Wildman–Crippen LogP) is 11.4. The molecule has 9 heterocycles. The Hall–Kier alpha value is -8.41. The molecule has 20 heteroatoms. The lowest BCUT2D eigenvalue weighted by Gasteiger charge is -2.34. The van der Waals surface area contributed by atoms with Crippen LogP contribution in [0.5, 0.6) is 11.5 Å². The van der Waals surface area contributed by atoms with Gasteiger partial charge in [-0.15, -0.1) is 0 Å². The first-order valence-electron chi connectivity index (χ1n) is 42.8. The number of methoxy groups -OCH3 is 1. The highest BCUT2D eigenvalue weighted by atomic mass is 16.5. The van der Waals surface area contributed by atoms with E-state index in [0.717, 1.165) is 230 Å². The number of amides is 3. The molecule has 15 rings (SSSR count). The number of hydrogen-bond donors (Lipinski definition) is 1. The lowest BCUT2D eigenvalue weighted by molar-refractivity contribution is 0.0632. The van der Waals surface area contributed by atoms with Crippen molar-refractivity contribution in [2.75, 3.05) is 225 Å². The second-order valence-electron chi connectivity index (χ2n) is 33.4. The van der Waals surface area contributed by atoms with Crippen molar-refractivity contribution in [3.63, 3.8) is 0 Å². The summed E-state index contributed by atoms with van der Waals surface area (Å²) in [6.45, 7) is 46.9. The number of phenols is 1. The van der Waals surface area contributed by atoms with Crippen molar-refractivity contribution < 1.29 is 24.2 Å². The predicted molar refractivity (Wildman–Crippen MR) is 466 cm³/mol. The Kier molecular flexibility index (Phi) is 29.3. The molecule has 3 aromatic heterocycles.